The first kappa shape index (κ1) is 17.5. The Bertz CT molecular complexity index is 800. The molecule has 0 saturated carbocycles. The zero-order valence-corrected chi connectivity index (χ0v) is 14.4. The number of sulfonamides is 1. The summed E-state index contributed by atoms with van der Waals surface area (Å²) in [6.45, 7) is 0.374. The molecule has 0 radical (unpaired) electrons. The number of amides is 1. The van der Waals surface area contributed by atoms with Crippen LogP contribution in [0.2, 0.25) is 0 Å². The summed E-state index contributed by atoms with van der Waals surface area (Å²) in [6.07, 6.45) is 0. The fourth-order valence-electron chi connectivity index (χ4n) is 1.87. The molecule has 0 aliphatic rings. The third-order valence-corrected chi connectivity index (χ3v) is 5.92. The van der Waals surface area contributed by atoms with E-state index in [2.05, 4.69) is 10.3 Å². The first-order valence-corrected chi connectivity index (χ1v) is 9.11. The maximum absolute atomic E-state index is 12.3. The third-order valence-electron chi connectivity index (χ3n) is 3.13. The molecule has 0 saturated heterocycles. The SMILES string of the molecule is CN(C)S(=O)(=O)c1ccccc1CNC(=O)c1csc(CN)n1. The number of benzene rings is 1. The smallest absolute Gasteiger partial charge is 0.271 e. The molecule has 2 rings (SSSR count). The summed E-state index contributed by atoms with van der Waals surface area (Å²) >= 11 is 1.31. The molecule has 1 heterocycles. The van der Waals surface area contributed by atoms with Gasteiger partial charge in [0.1, 0.15) is 10.7 Å². The number of carbonyl (C=O) groups excluding carboxylic acids is 1. The van der Waals surface area contributed by atoms with Gasteiger partial charge in [0.05, 0.1) is 4.90 Å². The van der Waals surface area contributed by atoms with Crippen molar-refractivity contribution >= 4 is 27.3 Å². The Morgan fingerprint density at radius 1 is 1.35 bits per heavy atom. The maximum Gasteiger partial charge on any atom is 0.271 e. The molecule has 0 bridgehead atoms. The first-order valence-electron chi connectivity index (χ1n) is 6.79. The summed E-state index contributed by atoms with van der Waals surface area (Å²) in [4.78, 5) is 16.3. The minimum Gasteiger partial charge on any atom is -0.347 e. The van der Waals surface area contributed by atoms with E-state index in [1.54, 1.807) is 23.6 Å². The molecule has 7 nitrogen and oxygen atoms in total. The van der Waals surface area contributed by atoms with Crippen LogP contribution in [0.1, 0.15) is 21.1 Å². The molecule has 2 aromatic rings. The predicted octanol–water partition coefficient (Wildman–Crippen LogP) is 0.782. The van der Waals surface area contributed by atoms with Gasteiger partial charge in [0.15, 0.2) is 0 Å². The second kappa shape index (κ2) is 7.18. The number of rotatable bonds is 6. The van der Waals surface area contributed by atoms with E-state index in [0.717, 1.165) is 4.31 Å². The highest BCUT2D eigenvalue weighted by Crippen LogP contribution is 2.18. The Hall–Kier alpha value is -1.81. The molecular weight excluding hydrogens is 336 g/mol. The number of hydrogen-bond acceptors (Lipinski definition) is 6. The number of nitrogens with two attached hydrogens (primary N) is 1. The highest BCUT2D eigenvalue weighted by Gasteiger charge is 2.21. The molecule has 0 aliphatic carbocycles. The number of aromatic nitrogens is 1. The molecule has 1 amide bonds. The van der Waals surface area contributed by atoms with E-state index in [1.807, 2.05) is 0 Å². The van der Waals surface area contributed by atoms with Crippen molar-refractivity contribution in [2.45, 2.75) is 18.0 Å². The van der Waals surface area contributed by atoms with E-state index < -0.39 is 10.0 Å². The summed E-state index contributed by atoms with van der Waals surface area (Å²) in [5.74, 6) is -0.363. The lowest BCUT2D eigenvalue weighted by Crippen LogP contribution is -2.27. The van der Waals surface area contributed by atoms with Crippen molar-refractivity contribution in [3.05, 3.63) is 45.9 Å². The molecule has 9 heteroatoms. The van der Waals surface area contributed by atoms with Crippen LogP contribution in [0.5, 0.6) is 0 Å². The molecule has 0 fully saturated rings. The van der Waals surface area contributed by atoms with Gasteiger partial charge in [0.2, 0.25) is 10.0 Å². The molecule has 1 aromatic carbocycles. The van der Waals surface area contributed by atoms with Gasteiger partial charge < -0.3 is 11.1 Å². The van der Waals surface area contributed by atoms with Crippen LogP contribution in [0.25, 0.3) is 0 Å². The summed E-state index contributed by atoms with van der Waals surface area (Å²) in [5.41, 5.74) is 6.27. The summed E-state index contributed by atoms with van der Waals surface area (Å²) in [7, 11) is -0.635. The molecule has 124 valence electrons. The van der Waals surface area contributed by atoms with Gasteiger partial charge in [-0.15, -0.1) is 11.3 Å². The third kappa shape index (κ3) is 3.94. The zero-order chi connectivity index (χ0) is 17.0. The molecule has 0 unspecified atom stereocenters. The minimum atomic E-state index is -3.57. The Kier molecular flexibility index (Phi) is 5.47. The summed E-state index contributed by atoms with van der Waals surface area (Å²) in [5, 5.41) is 4.98. The second-order valence-electron chi connectivity index (χ2n) is 4.91. The second-order valence-corrected chi connectivity index (χ2v) is 7.97. The topological polar surface area (TPSA) is 105 Å². The van der Waals surface area contributed by atoms with Crippen LogP contribution in [0.15, 0.2) is 34.5 Å². The van der Waals surface area contributed by atoms with E-state index in [-0.39, 0.29) is 29.6 Å². The minimum absolute atomic E-state index is 0.0948. The molecule has 0 atom stereocenters. The molecule has 3 N–H and O–H groups in total. The average Bonchev–Trinajstić information content (AvgIpc) is 3.01. The lowest BCUT2D eigenvalue weighted by Gasteiger charge is -2.15. The van der Waals surface area contributed by atoms with E-state index in [4.69, 9.17) is 5.73 Å². The highest BCUT2D eigenvalue weighted by atomic mass is 32.2. The van der Waals surface area contributed by atoms with Gasteiger partial charge in [-0.25, -0.2) is 17.7 Å². The van der Waals surface area contributed by atoms with Crippen LogP contribution < -0.4 is 11.1 Å². The van der Waals surface area contributed by atoms with Crippen LogP contribution in [0, 0.1) is 0 Å². The van der Waals surface area contributed by atoms with Crippen LogP contribution in [0.4, 0.5) is 0 Å². The van der Waals surface area contributed by atoms with E-state index in [0.29, 0.717) is 10.6 Å². The van der Waals surface area contributed by atoms with Crippen LogP contribution >= 0.6 is 11.3 Å². The van der Waals surface area contributed by atoms with Gasteiger partial charge in [-0.05, 0) is 11.6 Å². The molecule has 1 aromatic heterocycles. The van der Waals surface area contributed by atoms with Gasteiger partial charge in [0, 0.05) is 32.6 Å². The quantitative estimate of drug-likeness (QED) is 0.797. The number of nitrogens with one attached hydrogen (secondary N) is 1. The fraction of sp³-hybridized carbons (Fsp3) is 0.286. The van der Waals surface area contributed by atoms with Crippen LogP contribution in [0.3, 0.4) is 0 Å². The van der Waals surface area contributed by atoms with Crippen molar-refractivity contribution in [3.8, 4) is 0 Å². The number of hydrogen-bond donors (Lipinski definition) is 2. The molecule has 23 heavy (non-hydrogen) atoms. The van der Waals surface area contributed by atoms with Gasteiger partial charge in [-0.2, -0.15) is 0 Å². The number of nitrogens with zero attached hydrogens (tertiary/aromatic N) is 2. The van der Waals surface area contributed by atoms with Crippen LogP contribution in [-0.2, 0) is 23.1 Å². The molecular formula is C14H18N4O3S2. The van der Waals surface area contributed by atoms with E-state index >= 15 is 0 Å². The number of carbonyl (C=O) groups is 1. The average molecular weight is 354 g/mol. The Labute approximate surface area is 139 Å². The summed E-state index contributed by atoms with van der Waals surface area (Å²) < 4.78 is 25.7. The van der Waals surface area contributed by atoms with Crippen molar-refractivity contribution in [2.24, 2.45) is 5.73 Å². The van der Waals surface area contributed by atoms with Crippen molar-refractivity contribution in [1.82, 2.24) is 14.6 Å². The van der Waals surface area contributed by atoms with Gasteiger partial charge in [-0.3, -0.25) is 4.79 Å². The van der Waals surface area contributed by atoms with E-state index in [9.17, 15) is 13.2 Å². The molecule has 0 aliphatic heterocycles. The van der Waals surface area contributed by atoms with Crippen LogP contribution in [-0.4, -0.2) is 37.7 Å². The zero-order valence-electron chi connectivity index (χ0n) is 12.8. The lowest BCUT2D eigenvalue weighted by atomic mass is 10.2. The Balaban J connectivity index is 2.17. The fourth-order valence-corrected chi connectivity index (χ4v) is 3.64. The van der Waals surface area contributed by atoms with Crippen molar-refractivity contribution < 1.29 is 13.2 Å². The van der Waals surface area contributed by atoms with Crippen molar-refractivity contribution in [3.63, 3.8) is 0 Å². The van der Waals surface area contributed by atoms with Crippen molar-refractivity contribution in [2.75, 3.05) is 14.1 Å². The van der Waals surface area contributed by atoms with E-state index in [1.165, 1.54) is 31.5 Å². The largest absolute Gasteiger partial charge is 0.347 e. The first-order chi connectivity index (χ1) is 10.9. The highest BCUT2D eigenvalue weighted by molar-refractivity contribution is 7.89. The maximum atomic E-state index is 12.3. The monoisotopic (exact) mass is 354 g/mol. The standard InChI is InChI=1S/C14H18N4O3S2/c1-18(2)23(20,21)12-6-4-3-5-10(12)8-16-14(19)11-9-22-13(7-15)17-11/h3-6,9H,7-8,15H2,1-2H3,(H,16,19). The predicted molar refractivity (Wildman–Crippen MR) is 88.5 cm³/mol. The Morgan fingerprint density at radius 2 is 2.04 bits per heavy atom. The Morgan fingerprint density at radius 3 is 2.65 bits per heavy atom. The van der Waals surface area contributed by atoms with Gasteiger partial charge in [-0.1, -0.05) is 18.2 Å². The number of thiazole rings is 1. The van der Waals surface area contributed by atoms with Gasteiger partial charge >= 0.3 is 0 Å². The van der Waals surface area contributed by atoms with Crippen molar-refractivity contribution in [1.29, 1.82) is 0 Å². The van der Waals surface area contributed by atoms with Gasteiger partial charge in [0.25, 0.3) is 5.91 Å². The normalized spacial score (nSPS) is 11.7. The summed E-state index contributed by atoms with van der Waals surface area (Å²) in [6, 6.07) is 6.57. The lowest BCUT2D eigenvalue weighted by molar-refractivity contribution is 0.0946. The molecule has 0 spiro atoms.